The van der Waals surface area contributed by atoms with Crippen LogP contribution in [-0.2, 0) is 0 Å². The van der Waals surface area contributed by atoms with Crippen molar-refractivity contribution in [2.75, 3.05) is 0 Å². The van der Waals surface area contributed by atoms with E-state index < -0.39 is 0 Å². The highest BCUT2D eigenvalue weighted by Crippen LogP contribution is 2.26. The Balaban J connectivity index is 2.75. The van der Waals surface area contributed by atoms with Gasteiger partial charge in [0.25, 0.3) is 0 Å². The first kappa shape index (κ1) is 11.6. The van der Waals surface area contributed by atoms with Crippen LogP contribution < -0.4 is 5.73 Å². The Labute approximate surface area is 104 Å². The van der Waals surface area contributed by atoms with Crippen LogP contribution in [0.4, 0.5) is 0 Å². The number of nitrogens with two attached hydrogens (primary N) is 1. The van der Waals surface area contributed by atoms with Gasteiger partial charge in [-0.25, -0.2) is 4.98 Å². The van der Waals surface area contributed by atoms with Crippen molar-refractivity contribution >= 4 is 27.0 Å². The second-order valence-electron chi connectivity index (χ2n) is 4.36. The average Bonchev–Trinajstić information content (AvgIpc) is 2.55. The summed E-state index contributed by atoms with van der Waals surface area (Å²) in [6.45, 7) is 6.26. The minimum Gasteiger partial charge on any atom is -0.324 e. The molecule has 1 aromatic heterocycles. The smallest absolute Gasteiger partial charge is 0.126 e. The molecule has 0 spiro atoms. The Bertz CT molecular complexity index is 514. The normalized spacial score (nSPS) is 13.6. The predicted octanol–water partition coefficient (Wildman–Crippen LogP) is 3.40. The minimum atomic E-state index is -0.0476. The van der Waals surface area contributed by atoms with Crippen LogP contribution in [0.2, 0.25) is 0 Å². The van der Waals surface area contributed by atoms with Crippen molar-refractivity contribution in [2.45, 2.75) is 32.9 Å². The topological polar surface area (TPSA) is 43.8 Å². The summed E-state index contributed by atoms with van der Waals surface area (Å²) >= 11 is 3.46. The van der Waals surface area contributed by atoms with Crippen LogP contribution in [0, 0.1) is 0 Å². The first-order chi connectivity index (χ1) is 7.50. The van der Waals surface area contributed by atoms with Gasteiger partial charge in [0.1, 0.15) is 5.82 Å². The van der Waals surface area contributed by atoms with Crippen LogP contribution in [0.15, 0.2) is 22.7 Å². The number of rotatable bonds is 2. The van der Waals surface area contributed by atoms with Gasteiger partial charge in [-0.3, -0.25) is 0 Å². The zero-order chi connectivity index (χ0) is 11.9. The van der Waals surface area contributed by atoms with E-state index in [1.54, 1.807) is 0 Å². The van der Waals surface area contributed by atoms with Gasteiger partial charge in [0, 0.05) is 10.5 Å². The molecule has 16 heavy (non-hydrogen) atoms. The predicted molar refractivity (Wildman–Crippen MR) is 70.4 cm³/mol. The van der Waals surface area contributed by atoms with Crippen LogP contribution in [0.3, 0.4) is 0 Å². The summed E-state index contributed by atoms with van der Waals surface area (Å²) in [6.07, 6.45) is 0. The van der Waals surface area contributed by atoms with Crippen LogP contribution in [0.5, 0.6) is 0 Å². The van der Waals surface area contributed by atoms with Crippen LogP contribution in [0.1, 0.15) is 38.7 Å². The fraction of sp³-hybridized carbons (Fsp3) is 0.417. The molecule has 1 heterocycles. The number of hydrogen-bond acceptors (Lipinski definition) is 2. The number of fused-ring (bicyclic) bond motifs is 1. The van der Waals surface area contributed by atoms with Crippen LogP contribution in [0.25, 0.3) is 11.0 Å². The van der Waals surface area contributed by atoms with E-state index in [2.05, 4.69) is 45.4 Å². The molecule has 0 fully saturated rings. The Kier molecular flexibility index (Phi) is 3.04. The van der Waals surface area contributed by atoms with Gasteiger partial charge in [-0.2, -0.15) is 0 Å². The summed E-state index contributed by atoms with van der Waals surface area (Å²) < 4.78 is 3.25. The first-order valence-electron chi connectivity index (χ1n) is 5.43. The second kappa shape index (κ2) is 4.18. The van der Waals surface area contributed by atoms with Crippen LogP contribution in [-0.4, -0.2) is 9.55 Å². The highest BCUT2D eigenvalue weighted by Gasteiger charge is 2.15. The summed E-state index contributed by atoms with van der Waals surface area (Å²) in [7, 11) is 0. The molecule has 3 nitrogen and oxygen atoms in total. The molecule has 1 aromatic carbocycles. The maximum atomic E-state index is 5.96. The monoisotopic (exact) mass is 281 g/mol. The summed E-state index contributed by atoms with van der Waals surface area (Å²) in [5, 5.41) is 0. The molecule has 0 saturated heterocycles. The molecule has 2 aromatic rings. The molecule has 0 aliphatic carbocycles. The van der Waals surface area contributed by atoms with Crippen molar-refractivity contribution < 1.29 is 0 Å². The lowest BCUT2D eigenvalue weighted by atomic mass is 10.2. The molecule has 2 rings (SSSR count). The largest absolute Gasteiger partial charge is 0.324 e. The Morgan fingerprint density at radius 2 is 2.00 bits per heavy atom. The number of nitrogens with zero attached hydrogens (tertiary/aromatic N) is 2. The molecule has 1 atom stereocenters. The van der Waals surface area contributed by atoms with E-state index in [1.807, 2.05) is 19.1 Å². The van der Waals surface area contributed by atoms with Crippen molar-refractivity contribution in [3.8, 4) is 0 Å². The van der Waals surface area contributed by atoms with Crippen molar-refractivity contribution in [1.82, 2.24) is 9.55 Å². The summed E-state index contributed by atoms with van der Waals surface area (Å²) in [6, 6.07) is 6.47. The van der Waals surface area contributed by atoms with Gasteiger partial charge in [-0.05, 0) is 39.0 Å². The maximum Gasteiger partial charge on any atom is 0.126 e. The van der Waals surface area contributed by atoms with Crippen molar-refractivity contribution in [3.05, 3.63) is 28.5 Å². The molecule has 2 N–H and O–H groups in total. The lowest BCUT2D eigenvalue weighted by Crippen LogP contribution is -2.14. The van der Waals surface area contributed by atoms with Gasteiger partial charge in [0.05, 0.1) is 17.1 Å². The van der Waals surface area contributed by atoms with Crippen molar-refractivity contribution in [1.29, 1.82) is 0 Å². The van der Waals surface area contributed by atoms with Crippen molar-refractivity contribution in [2.24, 2.45) is 5.73 Å². The molecular weight excluding hydrogens is 266 g/mol. The Morgan fingerprint density at radius 1 is 1.31 bits per heavy atom. The third-order valence-electron chi connectivity index (χ3n) is 2.60. The lowest BCUT2D eigenvalue weighted by Gasteiger charge is -2.14. The van der Waals surface area contributed by atoms with Crippen LogP contribution >= 0.6 is 15.9 Å². The molecular formula is C12H16BrN3. The maximum absolute atomic E-state index is 5.96. The third-order valence-corrected chi connectivity index (χ3v) is 3.10. The van der Waals surface area contributed by atoms with E-state index in [0.717, 1.165) is 21.3 Å². The zero-order valence-electron chi connectivity index (χ0n) is 9.74. The summed E-state index contributed by atoms with van der Waals surface area (Å²) in [4.78, 5) is 4.60. The highest BCUT2D eigenvalue weighted by molar-refractivity contribution is 9.10. The number of halogens is 1. The lowest BCUT2D eigenvalue weighted by molar-refractivity contribution is 0.558. The van der Waals surface area contributed by atoms with Gasteiger partial charge >= 0.3 is 0 Å². The average molecular weight is 282 g/mol. The Hall–Kier alpha value is -0.870. The van der Waals surface area contributed by atoms with E-state index in [9.17, 15) is 0 Å². The molecule has 0 aliphatic rings. The third kappa shape index (κ3) is 1.87. The first-order valence-corrected chi connectivity index (χ1v) is 6.23. The zero-order valence-corrected chi connectivity index (χ0v) is 11.3. The van der Waals surface area contributed by atoms with Gasteiger partial charge < -0.3 is 10.3 Å². The Morgan fingerprint density at radius 3 is 2.56 bits per heavy atom. The van der Waals surface area contributed by atoms with Gasteiger partial charge in [-0.15, -0.1) is 0 Å². The molecule has 0 amide bonds. The molecule has 0 radical (unpaired) electrons. The van der Waals surface area contributed by atoms with Crippen molar-refractivity contribution in [3.63, 3.8) is 0 Å². The molecule has 0 aliphatic heterocycles. The van der Waals surface area contributed by atoms with E-state index in [1.165, 1.54) is 0 Å². The standard InChI is InChI=1S/C12H16BrN3/c1-7(2)16-11-5-4-9(13)6-10(11)15-12(16)8(3)14/h4-8H,14H2,1-3H3. The quantitative estimate of drug-likeness (QED) is 0.917. The fourth-order valence-corrected chi connectivity index (χ4v) is 2.30. The van der Waals surface area contributed by atoms with Gasteiger partial charge in [-0.1, -0.05) is 15.9 Å². The molecule has 0 bridgehead atoms. The highest BCUT2D eigenvalue weighted by atomic mass is 79.9. The second-order valence-corrected chi connectivity index (χ2v) is 5.27. The summed E-state index contributed by atoms with van der Waals surface area (Å²) in [5.41, 5.74) is 8.10. The molecule has 4 heteroatoms. The molecule has 86 valence electrons. The molecule has 1 unspecified atom stereocenters. The van der Waals surface area contributed by atoms with E-state index in [-0.39, 0.29) is 6.04 Å². The van der Waals surface area contributed by atoms with E-state index in [0.29, 0.717) is 6.04 Å². The van der Waals surface area contributed by atoms with Gasteiger partial charge in [0.15, 0.2) is 0 Å². The number of aromatic nitrogens is 2. The minimum absolute atomic E-state index is 0.0476. The summed E-state index contributed by atoms with van der Waals surface area (Å²) in [5.74, 6) is 0.947. The number of benzene rings is 1. The SMILES string of the molecule is CC(N)c1nc2cc(Br)ccc2n1C(C)C. The molecule has 0 saturated carbocycles. The van der Waals surface area contributed by atoms with Gasteiger partial charge in [0.2, 0.25) is 0 Å². The number of imidazole rings is 1. The number of hydrogen-bond donors (Lipinski definition) is 1. The van der Waals surface area contributed by atoms with E-state index >= 15 is 0 Å². The van der Waals surface area contributed by atoms with E-state index in [4.69, 9.17) is 5.73 Å². The fourth-order valence-electron chi connectivity index (χ4n) is 1.95.